The maximum atomic E-state index is 12.8. The lowest BCUT2D eigenvalue weighted by Gasteiger charge is -2.13. The molecule has 1 aromatic carbocycles. The van der Waals surface area contributed by atoms with Crippen LogP contribution in [0, 0.1) is 25.6 Å². The van der Waals surface area contributed by atoms with Gasteiger partial charge in [0.05, 0.1) is 22.6 Å². The molecule has 4 nitrogen and oxygen atoms in total. The fourth-order valence-corrected chi connectivity index (χ4v) is 2.44. The van der Waals surface area contributed by atoms with Crippen LogP contribution in [0.5, 0.6) is 0 Å². The number of halogens is 2. The highest BCUT2D eigenvalue weighted by molar-refractivity contribution is 9.10. The minimum absolute atomic E-state index is 0.0481. The second-order valence-corrected chi connectivity index (χ2v) is 6.21. The summed E-state index contributed by atoms with van der Waals surface area (Å²) in [5.74, 6) is -0.531. The van der Waals surface area contributed by atoms with E-state index in [1.807, 2.05) is 25.5 Å². The van der Waals surface area contributed by atoms with Crippen LogP contribution in [0.15, 0.2) is 28.7 Å². The topological polar surface area (TPSA) is 46.9 Å². The zero-order valence-electron chi connectivity index (χ0n) is 12.9. The third kappa shape index (κ3) is 3.94. The van der Waals surface area contributed by atoms with Gasteiger partial charge in [0.2, 0.25) is 5.91 Å². The molecule has 22 heavy (non-hydrogen) atoms. The van der Waals surface area contributed by atoms with Crippen molar-refractivity contribution in [3.05, 3.63) is 51.5 Å². The first-order chi connectivity index (χ1) is 10.4. The predicted molar refractivity (Wildman–Crippen MR) is 86.8 cm³/mol. The fraction of sp³-hybridized carbons (Fsp3) is 0.375. The number of nitrogens with one attached hydrogen (secondary N) is 1. The molecular formula is C16H19BrFN3O. The average Bonchev–Trinajstić information content (AvgIpc) is 2.73. The molecular weight excluding hydrogens is 349 g/mol. The highest BCUT2D eigenvalue weighted by Gasteiger charge is 2.16. The van der Waals surface area contributed by atoms with Crippen molar-refractivity contribution in [1.82, 2.24) is 15.1 Å². The van der Waals surface area contributed by atoms with Gasteiger partial charge in [-0.25, -0.2) is 4.39 Å². The SMILES string of the molecule is Cc1nn(CC(C)C(=O)NCc2ccc(F)cc2)c(C)c1Br. The number of amides is 1. The summed E-state index contributed by atoms with van der Waals surface area (Å²) in [5, 5.41) is 7.27. The Bertz CT molecular complexity index is 667. The first kappa shape index (κ1) is 16.7. The van der Waals surface area contributed by atoms with Crippen molar-refractivity contribution in [3.8, 4) is 0 Å². The zero-order chi connectivity index (χ0) is 16.3. The molecule has 1 heterocycles. The third-order valence-electron chi connectivity index (χ3n) is 3.57. The molecule has 0 aliphatic heterocycles. The smallest absolute Gasteiger partial charge is 0.224 e. The second kappa shape index (κ2) is 7.05. The summed E-state index contributed by atoms with van der Waals surface area (Å²) in [6.07, 6.45) is 0. The van der Waals surface area contributed by atoms with Crippen LogP contribution in [0.4, 0.5) is 4.39 Å². The molecule has 1 aromatic heterocycles. The van der Waals surface area contributed by atoms with Gasteiger partial charge in [0, 0.05) is 12.2 Å². The number of hydrogen-bond acceptors (Lipinski definition) is 2. The zero-order valence-corrected chi connectivity index (χ0v) is 14.4. The molecule has 1 atom stereocenters. The number of carbonyl (C=O) groups excluding carboxylic acids is 1. The average molecular weight is 368 g/mol. The molecule has 2 rings (SSSR count). The molecule has 0 radical (unpaired) electrons. The number of aromatic nitrogens is 2. The number of nitrogens with zero attached hydrogens (tertiary/aromatic N) is 2. The predicted octanol–water partition coefficient (Wildman–Crippen LogP) is 3.35. The van der Waals surface area contributed by atoms with Gasteiger partial charge in [-0.1, -0.05) is 19.1 Å². The van der Waals surface area contributed by atoms with Crippen LogP contribution in [0.1, 0.15) is 23.9 Å². The molecule has 0 bridgehead atoms. The Morgan fingerprint density at radius 3 is 2.55 bits per heavy atom. The Labute approximate surface area is 137 Å². The van der Waals surface area contributed by atoms with Crippen LogP contribution in [0.25, 0.3) is 0 Å². The van der Waals surface area contributed by atoms with E-state index in [0.717, 1.165) is 21.4 Å². The quantitative estimate of drug-likeness (QED) is 0.880. The molecule has 1 unspecified atom stereocenters. The summed E-state index contributed by atoms with van der Waals surface area (Å²) in [5.41, 5.74) is 2.79. The first-order valence-corrected chi connectivity index (χ1v) is 7.89. The van der Waals surface area contributed by atoms with E-state index in [1.165, 1.54) is 12.1 Å². The standard InChI is InChI=1S/C16H19BrFN3O/c1-10(9-21-12(3)15(17)11(2)20-21)16(22)19-8-13-4-6-14(18)7-5-13/h4-7,10H,8-9H2,1-3H3,(H,19,22). The summed E-state index contributed by atoms with van der Waals surface area (Å²) < 4.78 is 15.6. The molecule has 1 amide bonds. The molecule has 0 aliphatic rings. The van der Waals surface area contributed by atoms with Gasteiger partial charge in [-0.3, -0.25) is 9.48 Å². The molecule has 0 saturated carbocycles. The highest BCUT2D eigenvalue weighted by atomic mass is 79.9. The maximum absolute atomic E-state index is 12.8. The number of hydrogen-bond donors (Lipinski definition) is 1. The largest absolute Gasteiger partial charge is 0.352 e. The van der Waals surface area contributed by atoms with Gasteiger partial charge in [0.25, 0.3) is 0 Å². The van der Waals surface area contributed by atoms with Crippen molar-refractivity contribution in [1.29, 1.82) is 0 Å². The van der Waals surface area contributed by atoms with Crippen LogP contribution >= 0.6 is 15.9 Å². The lowest BCUT2D eigenvalue weighted by molar-refractivity contribution is -0.125. The van der Waals surface area contributed by atoms with Crippen LogP contribution in [0.2, 0.25) is 0 Å². The number of carbonyl (C=O) groups is 1. The van der Waals surface area contributed by atoms with Gasteiger partial charge in [-0.05, 0) is 47.5 Å². The van der Waals surface area contributed by atoms with E-state index in [2.05, 4.69) is 26.3 Å². The van der Waals surface area contributed by atoms with Crippen LogP contribution < -0.4 is 5.32 Å². The monoisotopic (exact) mass is 367 g/mol. The van der Waals surface area contributed by atoms with Gasteiger partial charge in [0.15, 0.2) is 0 Å². The Hall–Kier alpha value is -1.69. The van der Waals surface area contributed by atoms with Crippen molar-refractivity contribution in [3.63, 3.8) is 0 Å². The first-order valence-electron chi connectivity index (χ1n) is 7.10. The van der Waals surface area contributed by atoms with Gasteiger partial charge in [0.1, 0.15) is 5.82 Å². The van der Waals surface area contributed by atoms with Crippen molar-refractivity contribution in [2.45, 2.75) is 33.9 Å². The van der Waals surface area contributed by atoms with E-state index in [4.69, 9.17) is 0 Å². The molecule has 6 heteroatoms. The van der Waals surface area contributed by atoms with E-state index in [-0.39, 0.29) is 17.6 Å². The van der Waals surface area contributed by atoms with E-state index in [9.17, 15) is 9.18 Å². The Balaban J connectivity index is 1.91. The molecule has 0 saturated heterocycles. The van der Waals surface area contributed by atoms with Crippen molar-refractivity contribution < 1.29 is 9.18 Å². The Morgan fingerprint density at radius 2 is 2.00 bits per heavy atom. The maximum Gasteiger partial charge on any atom is 0.224 e. The van der Waals surface area contributed by atoms with E-state index >= 15 is 0 Å². The van der Waals surface area contributed by atoms with Gasteiger partial charge >= 0.3 is 0 Å². The summed E-state index contributed by atoms with van der Waals surface area (Å²) >= 11 is 3.48. The van der Waals surface area contributed by atoms with Gasteiger partial charge in [-0.15, -0.1) is 0 Å². The van der Waals surface area contributed by atoms with Gasteiger partial charge in [-0.2, -0.15) is 5.10 Å². The van der Waals surface area contributed by atoms with Crippen LogP contribution in [0.3, 0.4) is 0 Å². The van der Waals surface area contributed by atoms with Crippen molar-refractivity contribution >= 4 is 21.8 Å². The summed E-state index contributed by atoms with van der Waals surface area (Å²) in [7, 11) is 0. The lowest BCUT2D eigenvalue weighted by atomic mass is 10.1. The Morgan fingerprint density at radius 1 is 1.36 bits per heavy atom. The Kier molecular flexibility index (Phi) is 5.34. The van der Waals surface area contributed by atoms with E-state index in [0.29, 0.717) is 13.1 Å². The van der Waals surface area contributed by atoms with Gasteiger partial charge < -0.3 is 5.32 Å². The van der Waals surface area contributed by atoms with Crippen LogP contribution in [-0.4, -0.2) is 15.7 Å². The molecule has 1 N–H and O–H groups in total. The third-order valence-corrected chi connectivity index (χ3v) is 4.72. The summed E-state index contributed by atoms with van der Waals surface area (Å²) in [6.45, 7) is 6.67. The number of rotatable bonds is 5. The molecule has 0 fully saturated rings. The van der Waals surface area contributed by atoms with E-state index < -0.39 is 0 Å². The number of aryl methyl sites for hydroxylation is 1. The molecule has 118 valence electrons. The molecule has 0 aliphatic carbocycles. The summed E-state index contributed by atoms with van der Waals surface area (Å²) in [4.78, 5) is 12.2. The minimum Gasteiger partial charge on any atom is -0.352 e. The van der Waals surface area contributed by atoms with Crippen molar-refractivity contribution in [2.24, 2.45) is 5.92 Å². The molecule has 2 aromatic rings. The summed E-state index contributed by atoms with van der Waals surface area (Å²) in [6, 6.07) is 6.10. The minimum atomic E-state index is -0.279. The lowest BCUT2D eigenvalue weighted by Crippen LogP contribution is -2.31. The highest BCUT2D eigenvalue weighted by Crippen LogP contribution is 2.20. The van der Waals surface area contributed by atoms with E-state index in [1.54, 1.807) is 12.1 Å². The number of benzene rings is 1. The van der Waals surface area contributed by atoms with Crippen molar-refractivity contribution in [2.75, 3.05) is 0 Å². The molecule has 0 spiro atoms. The fourth-order valence-electron chi connectivity index (χ4n) is 2.16. The normalized spacial score (nSPS) is 12.2. The second-order valence-electron chi connectivity index (χ2n) is 5.41. The van der Waals surface area contributed by atoms with Crippen LogP contribution in [-0.2, 0) is 17.9 Å².